The fourth-order valence-electron chi connectivity index (χ4n) is 9.44. The lowest BCUT2D eigenvalue weighted by Crippen LogP contribution is -2.40. The van der Waals surface area contributed by atoms with Crippen LogP contribution in [0.1, 0.15) is 92.8 Å². The van der Waals surface area contributed by atoms with Crippen molar-refractivity contribution < 1.29 is 97.2 Å². The third-order valence-electron chi connectivity index (χ3n) is 15.2. The summed E-state index contributed by atoms with van der Waals surface area (Å²) in [4.78, 5) is 103. The first kappa shape index (κ1) is 86.8. The van der Waals surface area contributed by atoms with Crippen LogP contribution in [-0.2, 0) is 38.1 Å². The van der Waals surface area contributed by atoms with Crippen molar-refractivity contribution in [2.75, 3.05) is 40.7 Å². The number of methoxy groups -OCH3 is 2. The Morgan fingerprint density at radius 2 is 0.972 bits per heavy atom. The number of carbonyl (C=O) groups is 7. The summed E-state index contributed by atoms with van der Waals surface area (Å²) in [5.41, 5.74) is 18.0. The van der Waals surface area contributed by atoms with Crippen LogP contribution in [-0.4, -0.2) is 155 Å². The number of nitriles is 1. The first-order valence-corrected chi connectivity index (χ1v) is 31.6. The number of ether oxygens (including phenoxy) is 5. The summed E-state index contributed by atoms with van der Waals surface area (Å²) in [6.45, 7) is 33.8. The lowest BCUT2D eigenvalue weighted by molar-refractivity contribution is -0.384. The van der Waals surface area contributed by atoms with Crippen molar-refractivity contribution in [2.45, 2.75) is 79.8 Å². The van der Waals surface area contributed by atoms with E-state index in [1.807, 2.05) is 6.07 Å². The number of nitrogens with zero attached hydrogens (tertiary/aromatic N) is 7. The van der Waals surface area contributed by atoms with Crippen molar-refractivity contribution in [1.29, 1.82) is 5.26 Å². The molecule has 0 aromatic heterocycles. The number of hydrogen-bond acceptors (Lipinski definition) is 23. The van der Waals surface area contributed by atoms with Crippen LogP contribution in [0.4, 0.5) is 52.9 Å². The lowest BCUT2D eigenvalue weighted by Gasteiger charge is -2.21. The Kier molecular flexibility index (Phi) is 36.0. The fourth-order valence-corrected chi connectivity index (χ4v) is 9.44. The molecule has 0 spiro atoms. The number of aldehydes is 1. The Hall–Kier alpha value is -13.6. The summed E-state index contributed by atoms with van der Waals surface area (Å²) in [6, 6.07) is 41.6. The number of cyclic esters (lactones) is 3. The average Bonchev–Trinajstić information content (AvgIpc) is 1.68. The van der Waals surface area contributed by atoms with E-state index in [4.69, 9.17) is 79.1 Å². The highest BCUT2D eigenvalue weighted by Crippen LogP contribution is 2.32. The number of non-ortho nitro benzene ring substituents is 1. The third-order valence-corrected chi connectivity index (χ3v) is 15.2. The van der Waals surface area contributed by atoms with Gasteiger partial charge >= 0.3 is 30.2 Å². The van der Waals surface area contributed by atoms with Gasteiger partial charge in [-0.25, -0.2) is 47.8 Å². The molecule has 0 saturated carbocycles. The Balaban J connectivity index is 0.000000267. The van der Waals surface area contributed by atoms with Crippen molar-refractivity contribution in [2.24, 2.45) is 11.5 Å². The number of nitrogens with two attached hydrogens (primary N) is 2. The van der Waals surface area contributed by atoms with Gasteiger partial charge in [-0.15, -0.1) is 0 Å². The molecule has 33 nitrogen and oxygen atoms in total. The van der Waals surface area contributed by atoms with Gasteiger partial charge < -0.3 is 87.1 Å². The molecule has 3 fully saturated rings. The molecule has 0 radical (unpaired) electrons. The Bertz CT molecular complexity index is 4320. The zero-order valence-corrected chi connectivity index (χ0v) is 57.6. The number of nitro groups is 1. The number of amides is 4. The minimum Gasteiger partial charge on any atom is -0.468 e. The number of aliphatic hydroxyl groups excluding tert-OH is 6. The summed E-state index contributed by atoms with van der Waals surface area (Å²) in [5.74, 6) is -1.57. The van der Waals surface area contributed by atoms with Gasteiger partial charge in [-0.3, -0.25) is 24.5 Å². The van der Waals surface area contributed by atoms with Crippen LogP contribution < -0.4 is 32.7 Å². The van der Waals surface area contributed by atoms with Crippen molar-refractivity contribution in [3.63, 3.8) is 0 Å². The van der Waals surface area contributed by atoms with Gasteiger partial charge in [0.2, 0.25) is 5.91 Å². The SMILES string of the molecule is N#Cc1ccc(C=O)cc1.N[C@H](CO)[C@H](O)c1ccc([N+](=O)[O-])cc1.[C-]#[N+]c1ccc([C@@H](O)[C@@H](CO)NC(C)=O)cc1.[C-]#[N+]c1ccc([C@@H](O)[C@H](N)C(=O)OC)cc1.[C-]#[N+]c1ccc([C@H]2OC(=O)N[C@@H]2C(=O)OC)cc1.[C-]#[N+]c1ccc([C@H]2OC(=O)N[C@@H]2CF)cc1.[C-]#[N+]c1ccc([C@H]2OC(=O)N[C@@H]2CO)cc1. The summed E-state index contributed by atoms with van der Waals surface area (Å²) >= 11 is 0. The Labute approximate surface area is 617 Å². The number of hydrogen-bond donors (Lipinski definition) is 12. The zero-order chi connectivity index (χ0) is 80.0. The second-order valence-corrected chi connectivity index (χ2v) is 22.4. The Morgan fingerprint density at radius 3 is 1.33 bits per heavy atom. The summed E-state index contributed by atoms with van der Waals surface area (Å²) in [5, 5.41) is 84.6. The Morgan fingerprint density at radius 1 is 0.593 bits per heavy atom. The van der Waals surface area contributed by atoms with Crippen LogP contribution in [0.2, 0.25) is 0 Å². The van der Waals surface area contributed by atoms with Crippen LogP contribution in [0.3, 0.4) is 0 Å². The maximum Gasteiger partial charge on any atom is 0.408 e. The highest BCUT2D eigenvalue weighted by Gasteiger charge is 2.41. The van der Waals surface area contributed by atoms with Crippen LogP contribution >= 0.6 is 0 Å². The van der Waals surface area contributed by atoms with E-state index < -0.39 is 115 Å². The molecule has 108 heavy (non-hydrogen) atoms. The van der Waals surface area contributed by atoms with Gasteiger partial charge in [0.15, 0.2) is 52.8 Å². The smallest absolute Gasteiger partial charge is 0.408 e. The molecule has 7 aromatic rings. The molecule has 10 rings (SSSR count). The highest BCUT2D eigenvalue weighted by atomic mass is 19.1. The minimum absolute atomic E-state index is 0.0523. The zero-order valence-electron chi connectivity index (χ0n) is 57.6. The fraction of sp³-hybridized carbons (Fsp3) is 0.257. The van der Waals surface area contributed by atoms with Gasteiger partial charge in [-0.05, 0) is 57.6 Å². The number of nitro benzene ring substituents is 1. The molecule has 34 heteroatoms. The van der Waals surface area contributed by atoms with Gasteiger partial charge in [0.1, 0.15) is 37.3 Å². The number of esters is 2. The molecule has 4 amide bonds. The third kappa shape index (κ3) is 26.6. The minimum atomic E-state index is -1.13. The number of halogens is 1. The predicted octanol–water partition coefficient (Wildman–Crippen LogP) is 8.15. The van der Waals surface area contributed by atoms with E-state index in [2.05, 4.69) is 55.0 Å². The van der Waals surface area contributed by atoms with E-state index in [-0.39, 0.29) is 31.4 Å². The lowest BCUT2D eigenvalue weighted by atomic mass is 10.0. The first-order chi connectivity index (χ1) is 51.7. The molecule has 560 valence electrons. The average molecular weight is 1480 g/mol. The molecular weight excluding hydrogens is 1410 g/mol. The normalized spacial score (nSPS) is 17.5. The summed E-state index contributed by atoms with van der Waals surface area (Å²) < 4.78 is 36.7. The molecule has 3 aliphatic rings. The second-order valence-electron chi connectivity index (χ2n) is 22.4. The van der Waals surface area contributed by atoms with Gasteiger partial charge in [0.25, 0.3) is 5.69 Å². The molecule has 14 N–H and O–H groups in total. The van der Waals surface area contributed by atoms with Gasteiger partial charge in [0, 0.05) is 24.6 Å². The molecule has 12 atom stereocenters. The monoisotopic (exact) mass is 1480 g/mol. The van der Waals surface area contributed by atoms with E-state index in [0.29, 0.717) is 67.4 Å². The maximum absolute atomic E-state index is 12.6. The van der Waals surface area contributed by atoms with E-state index in [9.17, 15) is 63.4 Å². The molecule has 0 aliphatic carbocycles. The molecular formula is C74H72FN13O20. The van der Waals surface area contributed by atoms with Crippen molar-refractivity contribution in [3.05, 3.63) is 282 Å². The van der Waals surface area contributed by atoms with Gasteiger partial charge in [0.05, 0.1) is 108 Å². The van der Waals surface area contributed by atoms with E-state index >= 15 is 0 Å². The summed E-state index contributed by atoms with van der Waals surface area (Å²) in [7, 11) is 2.45. The van der Waals surface area contributed by atoms with Crippen LogP contribution in [0.15, 0.2) is 170 Å². The van der Waals surface area contributed by atoms with Crippen LogP contribution in [0.25, 0.3) is 24.2 Å². The number of nitrogens with one attached hydrogen (secondary N) is 4. The number of rotatable bonds is 18. The second kappa shape index (κ2) is 44.8. The number of alkyl halides is 1. The standard InChI is InChI=1S/C12H10N2O4.C12H14N2O3.C11H9FN2O2.C11H10N2O3.C11H12N2O3.C9H12N2O4.C8H5NO/c1-13-8-5-3-7(4-6-8)10-9(11(15)17-2)14-12(16)18-10;1-8(16)14-11(7-15)12(17)9-3-5-10(13-2)6-4-9;1-13-8-4-2-7(3-5-8)10-9(6-12)14-11(15)16-10;1-12-8-4-2-7(3-5-8)10-9(6-14)13-11(15)16-10;1-13-8-5-3-7(4-6-8)10(14)9(12)11(15)16-2;10-8(5-12)9(13)6-1-3-7(4-2-6)11(14)15;9-5-7-1-3-8(6-10)4-2-7/h3-6,9-10H,2H3,(H,14,16);3-6,11-12,15,17H,7H2,1H3,(H,14,16);2-5,9-10H,6H2,(H,14,15);2-5,9-10,14H,6H2,(H,13,15);3-6,9-10,14H,12H2,2H3;1-4,8-9,12-13H,5,10H2;1-4,6H/t9-,10+;11-,12-;2*9-,10-;9-,10+;8-,9-;/m011101./s1. The summed E-state index contributed by atoms with van der Waals surface area (Å²) in [6.07, 6.45) is -6.03. The van der Waals surface area contributed by atoms with Crippen LogP contribution in [0.5, 0.6) is 0 Å². The highest BCUT2D eigenvalue weighted by molar-refractivity contribution is 5.85. The van der Waals surface area contributed by atoms with Crippen LogP contribution in [0, 0.1) is 54.3 Å². The largest absolute Gasteiger partial charge is 0.468 e. The van der Waals surface area contributed by atoms with E-state index in [1.54, 1.807) is 146 Å². The first-order valence-electron chi connectivity index (χ1n) is 31.6. The van der Waals surface area contributed by atoms with Crippen molar-refractivity contribution in [3.8, 4) is 6.07 Å². The maximum atomic E-state index is 12.6. The van der Waals surface area contributed by atoms with Crippen molar-refractivity contribution in [1.82, 2.24) is 21.3 Å². The van der Waals surface area contributed by atoms with Gasteiger partial charge in [-0.1, -0.05) is 133 Å². The van der Waals surface area contributed by atoms with E-state index in [0.717, 1.165) is 11.8 Å². The molecule has 3 aliphatic heterocycles. The van der Waals surface area contributed by atoms with Gasteiger partial charge in [-0.2, -0.15) is 5.26 Å². The molecule has 3 saturated heterocycles. The van der Waals surface area contributed by atoms with Crippen molar-refractivity contribution >= 4 is 76.5 Å². The van der Waals surface area contributed by atoms with E-state index in [1.165, 1.54) is 45.4 Å². The topological polar surface area (TPSA) is 476 Å². The number of alkyl carbamates (subject to hydrolysis) is 3. The predicted molar refractivity (Wildman–Crippen MR) is 381 cm³/mol. The number of aliphatic hydroxyl groups is 6. The number of benzene rings is 7. The molecule has 0 unspecified atom stereocenters. The molecule has 7 aromatic carbocycles. The molecule has 0 bridgehead atoms. The number of carbonyl (C=O) groups excluding carboxylic acids is 7. The molecule has 3 heterocycles. The quantitative estimate of drug-likeness (QED) is 0.00962.